The quantitative estimate of drug-likeness (QED) is 0.535. The lowest BCUT2D eigenvalue weighted by atomic mass is 10.1. The number of aryl methyl sites for hydroxylation is 1. The lowest BCUT2D eigenvalue weighted by Gasteiger charge is -2.02. The van der Waals surface area contributed by atoms with Crippen molar-refractivity contribution in [2.45, 2.75) is 19.9 Å². The van der Waals surface area contributed by atoms with E-state index in [-0.39, 0.29) is 0 Å². The minimum atomic E-state index is 0.871. The van der Waals surface area contributed by atoms with Gasteiger partial charge in [0.2, 0.25) is 0 Å². The van der Waals surface area contributed by atoms with Crippen LogP contribution in [0.3, 0.4) is 0 Å². The summed E-state index contributed by atoms with van der Waals surface area (Å²) >= 11 is 0. The van der Waals surface area contributed by atoms with Gasteiger partial charge in [-0.1, -0.05) is 37.3 Å². The summed E-state index contributed by atoms with van der Waals surface area (Å²) in [4.78, 5) is 0. The molecule has 0 bridgehead atoms. The van der Waals surface area contributed by atoms with Gasteiger partial charge < -0.3 is 5.32 Å². The molecule has 1 N–H and O–H groups in total. The molecule has 13 heavy (non-hydrogen) atoms. The van der Waals surface area contributed by atoms with Crippen LogP contribution in [0.5, 0.6) is 0 Å². The zero-order chi connectivity index (χ0) is 9.52. The van der Waals surface area contributed by atoms with Crippen molar-refractivity contribution in [1.29, 1.82) is 0 Å². The topological polar surface area (TPSA) is 12.0 Å². The summed E-state index contributed by atoms with van der Waals surface area (Å²) in [6, 6.07) is 8.72. The number of nitrogens with one attached hydrogen (secondary N) is 1. The first-order chi connectivity index (χ1) is 6.36. The molecule has 0 saturated carbocycles. The predicted octanol–water partition coefficient (Wildman–Crippen LogP) is 2.52. The first kappa shape index (κ1) is 10.0. The van der Waals surface area contributed by atoms with Crippen LogP contribution in [-0.2, 0) is 13.0 Å². The van der Waals surface area contributed by atoms with E-state index in [1.807, 2.05) is 6.08 Å². The fourth-order valence-corrected chi connectivity index (χ4v) is 1.21. The highest BCUT2D eigenvalue weighted by Gasteiger charge is 1.91. The maximum Gasteiger partial charge on any atom is 0.0208 e. The summed E-state index contributed by atoms with van der Waals surface area (Å²) in [7, 11) is 0. The van der Waals surface area contributed by atoms with Crippen LogP contribution in [0.15, 0.2) is 36.9 Å². The largest absolute Gasteiger partial charge is 0.309 e. The molecule has 1 rings (SSSR count). The third-order valence-corrected chi connectivity index (χ3v) is 2.05. The molecule has 1 heteroatoms. The van der Waals surface area contributed by atoms with Crippen LogP contribution < -0.4 is 5.32 Å². The highest BCUT2D eigenvalue weighted by atomic mass is 14.8. The zero-order valence-corrected chi connectivity index (χ0v) is 8.22. The molecule has 1 aromatic rings. The number of hydrogen-bond acceptors (Lipinski definition) is 1. The fraction of sp³-hybridized carbons (Fsp3) is 0.333. The molecule has 0 amide bonds. The number of benzene rings is 1. The Hall–Kier alpha value is -1.08. The molecule has 0 aromatic heterocycles. The van der Waals surface area contributed by atoms with E-state index in [0.717, 1.165) is 19.5 Å². The van der Waals surface area contributed by atoms with Gasteiger partial charge in [0.15, 0.2) is 0 Å². The molecule has 0 spiro atoms. The van der Waals surface area contributed by atoms with Crippen molar-refractivity contribution in [1.82, 2.24) is 5.32 Å². The molecule has 0 aliphatic carbocycles. The molecule has 0 aliphatic rings. The van der Waals surface area contributed by atoms with Crippen LogP contribution in [0.4, 0.5) is 0 Å². The molecule has 0 aliphatic heterocycles. The van der Waals surface area contributed by atoms with Crippen molar-refractivity contribution < 1.29 is 0 Å². The molecular formula is C12H17N. The van der Waals surface area contributed by atoms with Crippen molar-refractivity contribution in [3.63, 3.8) is 0 Å². The molecule has 0 saturated heterocycles. The van der Waals surface area contributed by atoms with Gasteiger partial charge in [-0.15, -0.1) is 6.58 Å². The van der Waals surface area contributed by atoms with Gasteiger partial charge in [0.1, 0.15) is 0 Å². The fourth-order valence-electron chi connectivity index (χ4n) is 1.21. The third kappa shape index (κ3) is 3.43. The summed E-state index contributed by atoms with van der Waals surface area (Å²) in [5.74, 6) is 0. The van der Waals surface area contributed by atoms with Crippen LogP contribution in [0.25, 0.3) is 0 Å². The van der Waals surface area contributed by atoms with Gasteiger partial charge in [-0.25, -0.2) is 0 Å². The minimum Gasteiger partial charge on any atom is -0.309 e. The highest BCUT2D eigenvalue weighted by Crippen LogP contribution is 2.04. The Bertz CT molecular complexity index is 248. The molecular weight excluding hydrogens is 158 g/mol. The smallest absolute Gasteiger partial charge is 0.0208 e. The van der Waals surface area contributed by atoms with E-state index in [1.165, 1.54) is 11.1 Å². The highest BCUT2D eigenvalue weighted by molar-refractivity contribution is 5.22. The lowest BCUT2D eigenvalue weighted by Crippen LogP contribution is -2.12. The Morgan fingerprint density at radius 1 is 1.23 bits per heavy atom. The summed E-state index contributed by atoms with van der Waals surface area (Å²) in [5, 5.41) is 3.27. The molecule has 0 atom stereocenters. The van der Waals surface area contributed by atoms with E-state index in [2.05, 4.69) is 43.1 Å². The van der Waals surface area contributed by atoms with Crippen LogP contribution in [0.1, 0.15) is 18.1 Å². The Balaban J connectivity index is 2.44. The average Bonchev–Trinajstić information content (AvgIpc) is 2.19. The van der Waals surface area contributed by atoms with Gasteiger partial charge in [0.25, 0.3) is 0 Å². The van der Waals surface area contributed by atoms with Gasteiger partial charge in [-0.05, 0) is 17.5 Å². The van der Waals surface area contributed by atoms with Crippen molar-refractivity contribution in [2.24, 2.45) is 0 Å². The summed E-state index contributed by atoms with van der Waals surface area (Å²) < 4.78 is 0. The van der Waals surface area contributed by atoms with Gasteiger partial charge in [-0.3, -0.25) is 0 Å². The van der Waals surface area contributed by atoms with Crippen molar-refractivity contribution >= 4 is 0 Å². The van der Waals surface area contributed by atoms with E-state index in [0.29, 0.717) is 0 Å². The van der Waals surface area contributed by atoms with Crippen LogP contribution in [0.2, 0.25) is 0 Å². The Labute approximate surface area is 80.5 Å². The van der Waals surface area contributed by atoms with E-state index in [9.17, 15) is 0 Å². The summed E-state index contributed by atoms with van der Waals surface area (Å²) in [6.45, 7) is 7.63. The van der Waals surface area contributed by atoms with Gasteiger partial charge in [0.05, 0.1) is 0 Å². The Morgan fingerprint density at radius 2 is 1.85 bits per heavy atom. The normalized spacial score (nSPS) is 9.92. The molecule has 1 nitrogen and oxygen atoms in total. The van der Waals surface area contributed by atoms with E-state index in [1.54, 1.807) is 0 Å². The second kappa shape index (κ2) is 5.55. The first-order valence-corrected chi connectivity index (χ1v) is 4.76. The zero-order valence-electron chi connectivity index (χ0n) is 8.22. The molecule has 0 radical (unpaired) electrons. The SMILES string of the molecule is C=CCNCc1ccc(CC)cc1. The second-order valence-electron chi connectivity index (χ2n) is 3.09. The Kier molecular flexibility index (Phi) is 4.27. The van der Waals surface area contributed by atoms with Gasteiger partial charge in [0, 0.05) is 13.1 Å². The third-order valence-electron chi connectivity index (χ3n) is 2.05. The molecule has 70 valence electrons. The average molecular weight is 175 g/mol. The van der Waals surface area contributed by atoms with E-state index >= 15 is 0 Å². The standard InChI is InChI=1S/C12H17N/c1-3-9-13-10-12-7-5-11(4-2)6-8-12/h3,5-8,13H,1,4,9-10H2,2H3. The summed E-state index contributed by atoms with van der Waals surface area (Å²) in [6.07, 6.45) is 2.99. The second-order valence-corrected chi connectivity index (χ2v) is 3.09. The van der Waals surface area contributed by atoms with Crippen LogP contribution >= 0.6 is 0 Å². The monoisotopic (exact) mass is 175 g/mol. The first-order valence-electron chi connectivity index (χ1n) is 4.76. The van der Waals surface area contributed by atoms with Crippen molar-refractivity contribution in [3.8, 4) is 0 Å². The molecule has 0 fully saturated rings. The van der Waals surface area contributed by atoms with Gasteiger partial charge >= 0.3 is 0 Å². The Morgan fingerprint density at radius 3 is 2.38 bits per heavy atom. The molecule has 0 unspecified atom stereocenters. The van der Waals surface area contributed by atoms with Crippen molar-refractivity contribution in [3.05, 3.63) is 48.0 Å². The maximum absolute atomic E-state index is 3.66. The lowest BCUT2D eigenvalue weighted by molar-refractivity contribution is 0.760. The summed E-state index contributed by atoms with van der Waals surface area (Å²) in [5.41, 5.74) is 2.73. The molecule has 0 heterocycles. The van der Waals surface area contributed by atoms with Crippen LogP contribution in [0, 0.1) is 0 Å². The number of hydrogen-bond donors (Lipinski definition) is 1. The van der Waals surface area contributed by atoms with Crippen LogP contribution in [-0.4, -0.2) is 6.54 Å². The van der Waals surface area contributed by atoms with E-state index in [4.69, 9.17) is 0 Å². The molecule has 1 aromatic carbocycles. The van der Waals surface area contributed by atoms with E-state index < -0.39 is 0 Å². The number of rotatable bonds is 5. The maximum atomic E-state index is 3.66. The predicted molar refractivity (Wildman–Crippen MR) is 57.7 cm³/mol. The minimum absolute atomic E-state index is 0.871. The van der Waals surface area contributed by atoms with Crippen molar-refractivity contribution in [2.75, 3.05) is 6.54 Å². The van der Waals surface area contributed by atoms with Gasteiger partial charge in [-0.2, -0.15) is 0 Å².